The summed E-state index contributed by atoms with van der Waals surface area (Å²) in [6, 6.07) is 27.3. The van der Waals surface area contributed by atoms with Crippen LogP contribution < -0.4 is 15.6 Å². The van der Waals surface area contributed by atoms with Crippen LogP contribution in [0.15, 0.2) is 72.8 Å². The third-order valence-corrected chi connectivity index (χ3v) is 9.87. The second-order valence-corrected chi connectivity index (χ2v) is 10.9. The highest BCUT2D eigenvalue weighted by atomic mass is 28.3. The van der Waals surface area contributed by atoms with Crippen molar-refractivity contribution >= 4 is 23.6 Å². The SMILES string of the molecule is CC(C)c1ccc2c(c1)-c1ccccc1[Si]2(C)c1ccccc1. The lowest BCUT2D eigenvalue weighted by Gasteiger charge is -2.25. The maximum atomic E-state index is 2.50. The molecule has 0 saturated heterocycles. The van der Waals surface area contributed by atoms with Crippen molar-refractivity contribution in [3.63, 3.8) is 0 Å². The van der Waals surface area contributed by atoms with Gasteiger partial charge >= 0.3 is 0 Å². The van der Waals surface area contributed by atoms with Crippen molar-refractivity contribution in [2.24, 2.45) is 0 Å². The average molecular weight is 315 g/mol. The molecule has 1 heteroatoms. The molecule has 0 aromatic heterocycles. The lowest BCUT2D eigenvalue weighted by atomic mass is 9.97. The Morgan fingerprint density at radius 1 is 0.696 bits per heavy atom. The second kappa shape index (κ2) is 5.21. The van der Waals surface area contributed by atoms with Crippen molar-refractivity contribution in [1.29, 1.82) is 0 Å². The van der Waals surface area contributed by atoms with E-state index in [0.717, 1.165) is 0 Å². The minimum Gasteiger partial charge on any atom is -0.0624 e. The van der Waals surface area contributed by atoms with Crippen LogP contribution in [-0.2, 0) is 0 Å². The van der Waals surface area contributed by atoms with Gasteiger partial charge in [0.2, 0.25) is 0 Å². The Hall–Kier alpha value is -2.12. The fourth-order valence-electron chi connectivity index (χ4n) is 3.96. The molecule has 1 heterocycles. The molecule has 1 unspecified atom stereocenters. The van der Waals surface area contributed by atoms with E-state index in [1.165, 1.54) is 21.9 Å². The fourth-order valence-corrected chi connectivity index (χ4v) is 8.08. The summed E-state index contributed by atoms with van der Waals surface area (Å²) in [5.41, 5.74) is 4.35. The zero-order valence-corrected chi connectivity index (χ0v) is 15.0. The summed E-state index contributed by atoms with van der Waals surface area (Å²) in [5.74, 6) is 0.567. The molecule has 1 atom stereocenters. The highest BCUT2D eigenvalue weighted by Gasteiger charge is 2.42. The number of fused-ring (bicyclic) bond motifs is 3. The number of hydrogen-bond donors (Lipinski definition) is 0. The van der Waals surface area contributed by atoms with E-state index >= 15 is 0 Å². The molecular weight excluding hydrogens is 292 g/mol. The van der Waals surface area contributed by atoms with Crippen LogP contribution in [0.3, 0.4) is 0 Å². The summed E-state index contributed by atoms with van der Waals surface area (Å²) >= 11 is 0. The molecule has 0 amide bonds. The van der Waals surface area contributed by atoms with Gasteiger partial charge in [-0.2, -0.15) is 0 Å². The van der Waals surface area contributed by atoms with Gasteiger partial charge in [0.25, 0.3) is 0 Å². The van der Waals surface area contributed by atoms with Gasteiger partial charge in [-0.05, 0) is 38.2 Å². The van der Waals surface area contributed by atoms with Gasteiger partial charge in [0, 0.05) is 0 Å². The van der Waals surface area contributed by atoms with E-state index in [-0.39, 0.29) is 0 Å². The molecule has 0 nitrogen and oxygen atoms in total. The Morgan fingerprint density at radius 2 is 1.35 bits per heavy atom. The van der Waals surface area contributed by atoms with Crippen LogP contribution in [0.2, 0.25) is 6.55 Å². The van der Waals surface area contributed by atoms with Crippen molar-refractivity contribution in [1.82, 2.24) is 0 Å². The molecule has 1 aliphatic rings. The van der Waals surface area contributed by atoms with Crippen LogP contribution in [0.1, 0.15) is 25.3 Å². The van der Waals surface area contributed by atoms with Crippen molar-refractivity contribution in [3.8, 4) is 11.1 Å². The number of rotatable bonds is 2. The minimum absolute atomic E-state index is 0.567. The van der Waals surface area contributed by atoms with Crippen LogP contribution in [0.5, 0.6) is 0 Å². The molecule has 1 aliphatic heterocycles. The standard InChI is InChI=1S/C22H22Si/c1-16(2)17-13-14-22-20(15-17)19-11-7-8-12-21(19)23(22,3)18-9-5-4-6-10-18/h4-16H,1-3H3. The highest BCUT2D eigenvalue weighted by molar-refractivity contribution is 7.13. The first-order chi connectivity index (χ1) is 11.1. The fraction of sp³-hybridized carbons (Fsp3) is 0.182. The van der Waals surface area contributed by atoms with Gasteiger partial charge in [0.05, 0.1) is 0 Å². The monoisotopic (exact) mass is 314 g/mol. The Morgan fingerprint density at radius 3 is 2.09 bits per heavy atom. The minimum atomic E-state index is -1.86. The zero-order valence-electron chi connectivity index (χ0n) is 14.0. The average Bonchev–Trinajstić information content (AvgIpc) is 2.86. The van der Waals surface area contributed by atoms with Crippen LogP contribution in [-0.4, -0.2) is 8.07 Å². The lowest BCUT2D eigenvalue weighted by molar-refractivity contribution is 0.868. The quantitative estimate of drug-likeness (QED) is 0.630. The van der Waals surface area contributed by atoms with E-state index < -0.39 is 8.07 Å². The molecule has 0 aliphatic carbocycles. The first kappa shape index (κ1) is 14.5. The van der Waals surface area contributed by atoms with Crippen molar-refractivity contribution in [2.75, 3.05) is 0 Å². The topological polar surface area (TPSA) is 0 Å². The van der Waals surface area contributed by atoms with Crippen molar-refractivity contribution in [2.45, 2.75) is 26.3 Å². The largest absolute Gasteiger partial charge is 0.147 e. The van der Waals surface area contributed by atoms with E-state index in [0.29, 0.717) is 5.92 Å². The molecule has 3 aromatic carbocycles. The molecular formula is C22H22Si. The Bertz CT molecular complexity index is 864. The smallest absolute Gasteiger partial charge is 0.0624 e. The molecule has 0 spiro atoms. The summed E-state index contributed by atoms with van der Waals surface area (Å²) in [6.07, 6.45) is 0. The molecule has 0 fully saturated rings. The van der Waals surface area contributed by atoms with E-state index in [2.05, 4.69) is 93.2 Å². The first-order valence-electron chi connectivity index (χ1n) is 8.42. The highest BCUT2D eigenvalue weighted by Crippen LogP contribution is 2.30. The first-order valence-corrected chi connectivity index (χ1v) is 10.9. The molecule has 0 saturated carbocycles. The normalized spacial score (nSPS) is 18.8. The molecule has 23 heavy (non-hydrogen) atoms. The van der Waals surface area contributed by atoms with Crippen LogP contribution in [0.4, 0.5) is 0 Å². The van der Waals surface area contributed by atoms with E-state index in [1.807, 2.05) is 0 Å². The summed E-state index contributed by atoms with van der Waals surface area (Å²) in [6.45, 7) is 7.05. The Balaban J connectivity index is 2.04. The second-order valence-electron chi connectivity index (χ2n) is 7.00. The molecule has 4 rings (SSSR count). The van der Waals surface area contributed by atoms with E-state index in [9.17, 15) is 0 Å². The van der Waals surface area contributed by atoms with Gasteiger partial charge in [-0.3, -0.25) is 0 Å². The lowest BCUT2D eigenvalue weighted by Crippen LogP contribution is -2.62. The van der Waals surface area contributed by atoms with Crippen LogP contribution in [0.25, 0.3) is 11.1 Å². The Labute approximate surface area is 139 Å². The van der Waals surface area contributed by atoms with Gasteiger partial charge < -0.3 is 0 Å². The molecule has 0 N–H and O–H groups in total. The summed E-state index contributed by atoms with van der Waals surface area (Å²) in [4.78, 5) is 0. The maximum absolute atomic E-state index is 2.50. The van der Waals surface area contributed by atoms with Crippen molar-refractivity contribution < 1.29 is 0 Å². The summed E-state index contributed by atoms with van der Waals surface area (Å²) < 4.78 is 0. The van der Waals surface area contributed by atoms with Crippen LogP contribution in [0, 0.1) is 0 Å². The van der Waals surface area contributed by atoms with Gasteiger partial charge in [-0.15, -0.1) is 0 Å². The van der Waals surface area contributed by atoms with Gasteiger partial charge in [0.15, 0.2) is 0 Å². The van der Waals surface area contributed by atoms with E-state index in [1.54, 1.807) is 10.4 Å². The predicted molar refractivity (Wildman–Crippen MR) is 103 cm³/mol. The summed E-state index contributed by atoms with van der Waals surface area (Å²) in [5, 5.41) is 4.62. The maximum Gasteiger partial charge on any atom is 0.147 e. The van der Waals surface area contributed by atoms with Crippen LogP contribution >= 0.6 is 0 Å². The third-order valence-electron chi connectivity index (χ3n) is 5.36. The van der Waals surface area contributed by atoms with Crippen molar-refractivity contribution in [3.05, 3.63) is 78.4 Å². The number of hydrogen-bond acceptors (Lipinski definition) is 0. The predicted octanol–water partition coefficient (Wildman–Crippen LogP) is 3.89. The number of benzene rings is 3. The third kappa shape index (κ3) is 2.03. The zero-order chi connectivity index (χ0) is 16.0. The Kier molecular flexibility index (Phi) is 3.28. The molecule has 0 radical (unpaired) electrons. The van der Waals surface area contributed by atoms with Gasteiger partial charge in [0.1, 0.15) is 8.07 Å². The van der Waals surface area contributed by atoms with Gasteiger partial charge in [-0.25, -0.2) is 0 Å². The molecule has 0 bridgehead atoms. The van der Waals surface area contributed by atoms with Gasteiger partial charge in [-0.1, -0.05) is 93.2 Å². The molecule has 114 valence electrons. The molecule has 3 aromatic rings. The van der Waals surface area contributed by atoms with E-state index in [4.69, 9.17) is 0 Å². The summed E-state index contributed by atoms with van der Waals surface area (Å²) in [7, 11) is -1.86.